The fourth-order valence-corrected chi connectivity index (χ4v) is 1.88. The zero-order chi connectivity index (χ0) is 36.0. The Kier molecular flexibility index (Phi) is 189. The van der Waals surface area contributed by atoms with Crippen LogP contribution in [0.5, 0.6) is 0 Å². The Bertz CT molecular complexity index is 851. The molecule has 0 amide bonds. The van der Waals surface area contributed by atoms with Gasteiger partial charge in [0, 0.05) is 145 Å². The van der Waals surface area contributed by atoms with Crippen LogP contribution in [0.3, 0.4) is 0 Å². The van der Waals surface area contributed by atoms with Crippen molar-refractivity contribution in [2.24, 2.45) is 22.9 Å². The summed E-state index contributed by atoms with van der Waals surface area (Å²) < 4.78 is 0.743. The second-order valence-electron chi connectivity index (χ2n) is 6.56. The van der Waals surface area contributed by atoms with E-state index in [1.807, 2.05) is 100 Å². The first-order valence-corrected chi connectivity index (χ1v) is 20.3. The molecule has 0 heterocycles. The molecule has 0 aromatic heterocycles. The third-order valence-electron chi connectivity index (χ3n) is 3.54. The first-order valence-electron chi connectivity index (χ1n) is 12.9. The minimum absolute atomic E-state index is 0. The molecule has 0 saturated carbocycles. The number of rotatable bonds is 0. The summed E-state index contributed by atoms with van der Waals surface area (Å²) in [5.41, 5.74) is 23.2. The van der Waals surface area contributed by atoms with E-state index in [2.05, 4.69) is 194 Å². The standard InChI is InChI=1S/C8H10.2C7H7.C6H4.CHI3.CH3I.CH2I.4CH5N.CH3.2V.2W.2Y/c1-7-3-5-8(2)6-4-7;2*1-7-5-3-2-4-6-7;1-2-4-6-5-3-1;2-1(3)4;6*1-2;;;;;;;/h3-6H,1-2H3;2*3-6H,1H3;1-2,5-6H;1H;1H3;1H2;4*2H2,1H3;1H3;;;;;;/q;2*-1;-2;;;-1;;;;;-1;;;;;;. The predicted molar refractivity (Wildman–Crippen MR) is 252 cm³/mol. The van der Waals surface area contributed by atoms with Gasteiger partial charge in [-0.25, -0.2) is 0 Å². The molecule has 0 unspecified atom stereocenters. The van der Waals surface area contributed by atoms with Crippen molar-refractivity contribution in [2.45, 2.75) is 27.6 Å². The average molecular weight is 1830 g/mol. The molecule has 4 rings (SSSR count). The average Bonchev–Trinajstić information content (AvgIpc) is 3.10. The van der Waals surface area contributed by atoms with Crippen LogP contribution in [0.2, 0.25) is 0 Å². The molecule has 4 aromatic rings. The molecule has 15 heteroatoms. The predicted octanol–water partition coefficient (Wildman–Crippen LogP) is 10.8. The van der Waals surface area contributed by atoms with Crippen LogP contribution in [0, 0.1) is 64.3 Å². The summed E-state index contributed by atoms with van der Waals surface area (Å²) in [6, 6.07) is 43.1. The van der Waals surface area contributed by atoms with Gasteiger partial charge >= 0.3 is 0 Å². The number of alkyl halides is 4. The maximum absolute atomic E-state index is 4.50. The van der Waals surface area contributed by atoms with Gasteiger partial charge in [-0.2, -0.15) is 71.8 Å². The quantitative estimate of drug-likeness (QED) is 0.0800. The van der Waals surface area contributed by atoms with E-state index in [0.717, 1.165) is -0.0619 Å². The number of aryl methyl sites for hydroxylation is 4. The summed E-state index contributed by atoms with van der Waals surface area (Å²) in [4.78, 5) is 5.19. The second kappa shape index (κ2) is 100. The zero-order valence-electron chi connectivity index (χ0n) is 31.6. The molecule has 4 nitrogen and oxygen atoms in total. The summed E-state index contributed by atoms with van der Waals surface area (Å²) in [5, 5.41) is 0. The van der Waals surface area contributed by atoms with Crippen molar-refractivity contribution >= 4 is 113 Å². The van der Waals surface area contributed by atoms with Crippen molar-refractivity contribution in [3.05, 3.63) is 156 Å². The van der Waals surface area contributed by atoms with Gasteiger partial charge in [0.2, 0.25) is 0 Å². The van der Waals surface area contributed by atoms with Crippen LogP contribution in [-0.2, 0) is 145 Å². The Morgan fingerprint density at radius 1 is 0.431 bits per heavy atom. The van der Waals surface area contributed by atoms with Crippen molar-refractivity contribution in [2.75, 3.05) is 33.1 Å². The van der Waals surface area contributed by atoms with Gasteiger partial charge in [0.25, 0.3) is 0 Å². The molecular formula is C36H57I5N4V2W2Y2-6. The first-order chi connectivity index (χ1) is 21.3. The maximum Gasteiger partial charge on any atom is 0.114 e. The van der Waals surface area contributed by atoms with E-state index in [-0.39, 0.29) is 152 Å². The molecule has 0 aliphatic rings. The van der Waals surface area contributed by atoms with Crippen molar-refractivity contribution in [3.8, 4) is 0 Å². The molecule has 4 radical (unpaired) electrons. The summed E-state index contributed by atoms with van der Waals surface area (Å²) in [7, 11) is 6.00. The maximum atomic E-state index is 4.50. The van der Waals surface area contributed by atoms with Crippen LogP contribution in [-0.4, -0.2) is 33.1 Å². The van der Waals surface area contributed by atoms with E-state index in [1.54, 1.807) is 0 Å². The summed E-state index contributed by atoms with van der Waals surface area (Å²) in [6.07, 6.45) is 0. The molecule has 0 aliphatic carbocycles. The molecule has 0 saturated heterocycles. The van der Waals surface area contributed by atoms with Crippen LogP contribution in [0.25, 0.3) is 0 Å². The second-order valence-corrected chi connectivity index (χ2v) is 17.4. The fourth-order valence-electron chi connectivity index (χ4n) is 1.88. The van der Waals surface area contributed by atoms with Crippen LogP contribution in [0.1, 0.15) is 22.3 Å². The molecular weight excluding hydrogens is 1770 g/mol. The van der Waals surface area contributed by atoms with E-state index in [4.69, 9.17) is 0 Å². The molecule has 0 spiro atoms. The number of halogens is 5. The van der Waals surface area contributed by atoms with Crippen LogP contribution in [0.15, 0.2) is 97.1 Å². The SMILES string of the molecule is CI.CN.CN.CN.CN.Cc1cc[c-]cc1.Cc1cc[c-]cc1.Cc1ccc(C)cc1.IC(I)I.[CH2-]I.[CH3-].[V].[V].[W].[W].[Y].[Y].[c-]1cc[c-]cc1. The van der Waals surface area contributed by atoms with E-state index in [9.17, 15) is 0 Å². The molecule has 0 aliphatic heterocycles. The Balaban J connectivity index is -0.0000000254. The monoisotopic (exact) mass is 1830 g/mol. The summed E-state index contributed by atoms with van der Waals surface area (Å²) in [5.74, 6) is 0. The van der Waals surface area contributed by atoms with E-state index < -0.39 is 0 Å². The van der Waals surface area contributed by atoms with Gasteiger partial charge in [-0.1, -0.05) is 140 Å². The first kappa shape index (κ1) is 96.1. The largest absolute Gasteiger partial charge is 0.358 e. The van der Waals surface area contributed by atoms with Gasteiger partial charge in [-0.05, 0) is 47.0 Å². The molecule has 0 fully saturated rings. The van der Waals surface area contributed by atoms with Gasteiger partial charge in [0.05, 0.1) is 0 Å². The van der Waals surface area contributed by atoms with Gasteiger partial charge < -0.3 is 65.1 Å². The van der Waals surface area contributed by atoms with Crippen LogP contribution < -0.4 is 22.9 Å². The van der Waals surface area contributed by atoms with Crippen LogP contribution in [0.4, 0.5) is 0 Å². The topological polar surface area (TPSA) is 104 Å². The summed E-state index contributed by atoms with van der Waals surface area (Å²) >= 11 is 11.0. The Labute approximate surface area is 487 Å². The Morgan fingerprint density at radius 3 is 0.647 bits per heavy atom. The Morgan fingerprint density at radius 2 is 0.549 bits per heavy atom. The molecule has 0 bridgehead atoms. The van der Waals surface area contributed by atoms with Crippen molar-refractivity contribution in [1.29, 1.82) is 0 Å². The molecule has 0 atom stereocenters. The smallest absolute Gasteiger partial charge is 0.114 e. The van der Waals surface area contributed by atoms with E-state index >= 15 is 0 Å². The van der Waals surface area contributed by atoms with Gasteiger partial charge in [0.15, 0.2) is 0 Å². The molecule has 51 heavy (non-hydrogen) atoms. The minimum atomic E-state index is 0. The molecule has 8 N–H and O–H groups in total. The third-order valence-corrected chi connectivity index (χ3v) is 3.54. The number of hydrogen-bond donors (Lipinski definition) is 4. The van der Waals surface area contributed by atoms with Crippen molar-refractivity contribution < 1.29 is 145 Å². The molecule has 4 aromatic carbocycles. The number of nitrogens with two attached hydrogens (primary N) is 4. The minimum Gasteiger partial charge on any atom is -0.358 e. The number of hydrogen-bond acceptors (Lipinski definition) is 4. The number of benzene rings is 4. The Hall–Kier alpha value is 5.12. The van der Waals surface area contributed by atoms with Crippen molar-refractivity contribution in [1.82, 2.24) is 0 Å². The van der Waals surface area contributed by atoms with Crippen LogP contribution >= 0.6 is 113 Å². The van der Waals surface area contributed by atoms with E-state index in [1.165, 1.54) is 50.4 Å². The fraction of sp³-hybridized carbons (Fsp3) is 0.278. The van der Waals surface area contributed by atoms with Gasteiger partial charge in [-0.3, -0.25) is 29.2 Å². The zero-order valence-corrected chi connectivity index (χ0v) is 56.7. The van der Waals surface area contributed by atoms with Gasteiger partial charge in [0.1, 0.15) is -0.0619 Å². The van der Waals surface area contributed by atoms with E-state index in [0.29, 0.717) is 0 Å². The third kappa shape index (κ3) is 113. The normalized spacial score (nSPS) is 6.20. The van der Waals surface area contributed by atoms with Crippen molar-refractivity contribution in [3.63, 3.8) is 0 Å². The molecule has 290 valence electrons. The summed E-state index contributed by atoms with van der Waals surface area (Å²) in [6.45, 7) is 8.32. The van der Waals surface area contributed by atoms with Gasteiger partial charge in [-0.15, -0.1) is 0 Å².